The lowest BCUT2D eigenvalue weighted by Crippen LogP contribution is -2.22. The zero-order chi connectivity index (χ0) is 18.9. The fourth-order valence-corrected chi connectivity index (χ4v) is 4.64. The zero-order valence-corrected chi connectivity index (χ0v) is 16.0. The Hall–Kier alpha value is -2.48. The third kappa shape index (κ3) is 3.48. The highest BCUT2D eigenvalue weighted by Crippen LogP contribution is 2.33. The van der Waals surface area contributed by atoms with Crippen LogP contribution in [0.2, 0.25) is 0 Å². The second-order valence-electron chi connectivity index (χ2n) is 8.19. The van der Waals surface area contributed by atoms with E-state index in [2.05, 4.69) is 20.5 Å². The summed E-state index contributed by atoms with van der Waals surface area (Å²) >= 11 is 0. The van der Waals surface area contributed by atoms with Crippen LogP contribution in [0, 0.1) is 0 Å². The Kier molecular flexibility index (Phi) is 4.72. The van der Waals surface area contributed by atoms with Crippen LogP contribution in [0.1, 0.15) is 75.4 Å². The molecule has 1 unspecified atom stereocenters. The molecule has 3 aromatic rings. The van der Waals surface area contributed by atoms with Crippen molar-refractivity contribution in [1.29, 1.82) is 0 Å². The molecule has 5 rings (SSSR count). The Bertz CT molecular complexity index is 943. The van der Waals surface area contributed by atoms with E-state index in [1.165, 1.54) is 32.1 Å². The summed E-state index contributed by atoms with van der Waals surface area (Å²) in [6, 6.07) is 0.258. The van der Waals surface area contributed by atoms with E-state index in [0.717, 1.165) is 48.5 Å². The molecule has 8 heteroatoms. The van der Waals surface area contributed by atoms with E-state index in [-0.39, 0.29) is 12.1 Å². The lowest BCUT2D eigenvalue weighted by atomic mass is 9.87. The highest BCUT2D eigenvalue weighted by molar-refractivity contribution is 5.68. The summed E-state index contributed by atoms with van der Waals surface area (Å²) in [4.78, 5) is 9.29. The molecule has 2 atom stereocenters. The number of aliphatic hydroxyl groups is 1. The van der Waals surface area contributed by atoms with E-state index in [4.69, 9.17) is 4.98 Å². The van der Waals surface area contributed by atoms with E-state index in [1.54, 1.807) is 6.33 Å². The molecule has 3 aromatic heterocycles. The molecular formula is C20H27N7O. The molecule has 2 saturated carbocycles. The number of nitrogens with one attached hydrogen (secondary N) is 1. The predicted molar refractivity (Wildman–Crippen MR) is 106 cm³/mol. The van der Waals surface area contributed by atoms with E-state index >= 15 is 0 Å². The molecule has 0 radical (unpaired) electrons. The topological polar surface area (TPSA) is 93.2 Å². The molecule has 2 N–H and O–H groups in total. The minimum Gasteiger partial charge on any atom is -0.393 e. The summed E-state index contributed by atoms with van der Waals surface area (Å²) in [6.07, 6.45) is 17.2. The fourth-order valence-electron chi connectivity index (χ4n) is 4.64. The third-order valence-electron chi connectivity index (χ3n) is 6.16. The van der Waals surface area contributed by atoms with Crippen molar-refractivity contribution in [2.45, 2.75) is 75.9 Å². The van der Waals surface area contributed by atoms with Crippen LogP contribution in [-0.4, -0.2) is 40.6 Å². The lowest BCUT2D eigenvalue weighted by molar-refractivity contribution is 0.100. The van der Waals surface area contributed by atoms with E-state index in [1.807, 2.05) is 27.8 Å². The molecule has 3 heterocycles. The van der Waals surface area contributed by atoms with E-state index in [0.29, 0.717) is 5.92 Å². The van der Waals surface area contributed by atoms with Gasteiger partial charge in [0.15, 0.2) is 11.5 Å². The van der Waals surface area contributed by atoms with Crippen molar-refractivity contribution in [2.24, 2.45) is 0 Å². The van der Waals surface area contributed by atoms with Gasteiger partial charge in [-0.25, -0.2) is 14.5 Å². The van der Waals surface area contributed by atoms with Crippen molar-refractivity contribution >= 4 is 17.2 Å². The maximum atomic E-state index is 9.95. The van der Waals surface area contributed by atoms with Gasteiger partial charge in [-0.3, -0.25) is 4.68 Å². The minimum atomic E-state index is -0.219. The number of nitrogens with zero attached hydrogens (tertiary/aromatic N) is 6. The molecule has 0 aromatic carbocycles. The summed E-state index contributed by atoms with van der Waals surface area (Å²) in [6.45, 7) is 0. The van der Waals surface area contributed by atoms with Crippen molar-refractivity contribution in [3.05, 3.63) is 30.6 Å². The molecule has 0 bridgehead atoms. The van der Waals surface area contributed by atoms with Crippen molar-refractivity contribution in [3.63, 3.8) is 0 Å². The van der Waals surface area contributed by atoms with Gasteiger partial charge in [0.25, 0.3) is 0 Å². The summed E-state index contributed by atoms with van der Waals surface area (Å²) in [5.74, 6) is 1.22. The van der Waals surface area contributed by atoms with Crippen molar-refractivity contribution in [1.82, 2.24) is 29.4 Å². The molecule has 0 aliphatic heterocycles. The quantitative estimate of drug-likeness (QED) is 0.717. The highest BCUT2D eigenvalue weighted by Gasteiger charge is 2.23. The number of aliphatic hydroxyl groups excluding tert-OH is 1. The first-order chi connectivity index (χ1) is 13.8. The summed E-state index contributed by atoms with van der Waals surface area (Å²) in [5, 5.41) is 22.2. The van der Waals surface area contributed by atoms with Gasteiger partial charge in [0.05, 0.1) is 35.9 Å². The molecule has 0 spiro atoms. The van der Waals surface area contributed by atoms with Crippen LogP contribution in [0.5, 0.6) is 0 Å². The van der Waals surface area contributed by atoms with Gasteiger partial charge in [-0.2, -0.15) is 10.2 Å². The average Bonchev–Trinajstić information content (AvgIpc) is 3.38. The largest absolute Gasteiger partial charge is 0.393 e. The number of fused-ring (bicyclic) bond motifs is 1. The number of aromatic nitrogens is 6. The van der Waals surface area contributed by atoms with Crippen LogP contribution in [0.15, 0.2) is 24.9 Å². The van der Waals surface area contributed by atoms with Crippen LogP contribution < -0.4 is 5.32 Å². The molecule has 0 saturated heterocycles. The van der Waals surface area contributed by atoms with Gasteiger partial charge in [-0.15, -0.1) is 0 Å². The first kappa shape index (κ1) is 17.6. The van der Waals surface area contributed by atoms with Crippen molar-refractivity contribution in [2.75, 3.05) is 5.32 Å². The second-order valence-corrected chi connectivity index (χ2v) is 8.19. The molecule has 2 fully saturated rings. The zero-order valence-electron chi connectivity index (χ0n) is 16.0. The first-order valence-electron chi connectivity index (χ1n) is 10.5. The predicted octanol–water partition coefficient (Wildman–Crippen LogP) is 3.59. The van der Waals surface area contributed by atoms with Crippen LogP contribution >= 0.6 is 0 Å². The Balaban J connectivity index is 1.41. The first-order valence-corrected chi connectivity index (χ1v) is 10.5. The molecule has 148 valence electrons. The lowest BCUT2D eigenvalue weighted by Gasteiger charge is -2.25. The number of anilines is 2. The fraction of sp³-hybridized carbons (Fsp3) is 0.600. The smallest absolute Gasteiger partial charge is 0.198 e. The number of hydrogen-bond donors (Lipinski definition) is 2. The Morgan fingerprint density at radius 1 is 1.00 bits per heavy atom. The van der Waals surface area contributed by atoms with E-state index < -0.39 is 0 Å². The van der Waals surface area contributed by atoms with Gasteiger partial charge in [0.2, 0.25) is 0 Å². The van der Waals surface area contributed by atoms with E-state index in [9.17, 15) is 5.11 Å². The summed E-state index contributed by atoms with van der Waals surface area (Å²) < 4.78 is 3.79. The van der Waals surface area contributed by atoms with Crippen molar-refractivity contribution < 1.29 is 5.11 Å². The molecule has 2 aliphatic carbocycles. The van der Waals surface area contributed by atoms with Gasteiger partial charge in [-0.1, -0.05) is 19.3 Å². The summed E-state index contributed by atoms with van der Waals surface area (Å²) in [5.41, 5.74) is 2.70. The average molecular weight is 381 g/mol. The van der Waals surface area contributed by atoms with Crippen molar-refractivity contribution in [3.8, 4) is 0 Å². The molecule has 2 aliphatic rings. The highest BCUT2D eigenvalue weighted by atomic mass is 16.3. The normalized spacial score (nSPS) is 23.9. The standard InChI is InChI=1S/C20H27N7O/c28-17-8-4-7-16(9-17)26-11-15(10-22-26)24-19-20-21-13-23-27(20)12-18(25-19)14-5-2-1-3-6-14/h10-14,16-17,28H,1-9H2,(H,24,25)/t16-,17?/m0/s1. The van der Waals surface area contributed by atoms with Crippen LogP contribution in [0.25, 0.3) is 5.65 Å². The van der Waals surface area contributed by atoms with Crippen LogP contribution in [0.3, 0.4) is 0 Å². The Labute approximate surface area is 164 Å². The third-order valence-corrected chi connectivity index (χ3v) is 6.16. The SMILES string of the molecule is OC1CCC[C@H](n2cc(Nc3nc(C4CCCCC4)cn4ncnc34)cn2)C1. The van der Waals surface area contributed by atoms with Gasteiger partial charge >= 0.3 is 0 Å². The monoisotopic (exact) mass is 381 g/mol. The minimum absolute atomic E-state index is 0.219. The molecular weight excluding hydrogens is 354 g/mol. The van der Waals surface area contributed by atoms with Gasteiger partial charge in [0, 0.05) is 12.1 Å². The van der Waals surface area contributed by atoms with Gasteiger partial charge < -0.3 is 10.4 Å². The Morgan fingerprint density at radius 2 is 1.89 bits per heavy atom. The molecule has 8 nitrogen and oxygen atoms in total. The number of hydrogen-bond acceptors (Lipinski definition) is 6. The maximum absolute atomic E-state index is 9.95. The summed E-state index contributed by atoms with van der Waals surface area (Å²) in [7, 11) is 0. The molecule has 28 heavy (non-hydrogen) atoms. The van der Waals surface area contributed by atoms with Crippen LogP contribution in [0.4, 0.5) is 11.5 Å². The Morgan fingerprint density at radius 3 is 2.75 bits per heavy atom. The second kappa shape index (κ2) is 7.50. The van der Waals surface area contributed by atoms with Crippen LogP contribution in [-0.2, 0) is 0 Å². The molecule has 0 amide bonds. The van der Waals surface area contributed by atoms with Gasteiger partial charge in [-0.05, 0) is 38.5 Å². The van der Waals surface area contributed by atoms with Gasteiger partial charge in [0.1, 0.15) is 6.33 Å². The maximum Gasteiger partial charge on any atom is 0.198 e. The number of rotatable bonds is 4.